The molecule has 21 heavy (non-hydrogen) atoms. The van der Waals surface area contributed by atoms with Gasteiger partial charge in [-0.2, -0.15) is 0 Å². The fourth-order valence-corrected chi connectivity index (χ4v) is 2.92. The molecular weight excluding hydrogens is 315 g/mol. The Hall–Kier alpha value is -1.66. The van der Waals surface area contributed by atoms with Crippen LogP contribution in [0.3, 0.4) is 0 Å². The third kappa shape index (κ3) is 3.51. The summed E-state index contributed by atoms with van der Waals surface area (Å²) in [6.45, 7) is 3.58. The van der Waals surface area contributed by atoms with Crippen LogP contribution < -0.4 is 5.32 Å². The van der Waals surface area contributed by atoms with Crippen molar-refractivity contribution in [3.05, 3.63) is 45.2 Å². The number of nitrogens with zero attached hydrogens (tertiary/aromatic N) is 1. The fourth-order valence-electron chi connectivity index (χ4n) is 1.73. The van der Waals surface area contributed by atoms with Crippen molar-refractivity contribution in [1.82, 2.24) is 4.98 Å². The maximum Gasteiger partial charge on any atom is 0.351 e. The number of hydrogen-bond donors (Lipinski definition) is 1. The van der Waals surface area contributed by atoms with Gasteiger partial charge >= 0.3 is 5.97 Å². The molecule has 0 fully saturated rings. The van der Waals surface area contributed by atoms with Crippen molar-refractivity contribution in [2.24, 2.45) is 0 Å². The molecule has 1 heterocycles. The smallest absolute Gasteiger partial charge is 0.351 e. The van der Waals surface area contributed by atoms with Crippen LogP contribution in [0.2, 0.25) is 5.15 Å². The molecule has 0 saturated heterocycles. The van der Waals surface area contributed by atoms with E-state index in [0.717, 1.165) is 16.9 Å². The van der Waals surface area contributed by atoms with Crippen molar-refractivity contribution < 1.29 is 13.9 Å². The number of anilines is 1. The Labute approximate surface area is 130 Å². The zero-order valence-electron chi connectivity index (χ0n) is 11.7. The van der Waals surface area contributed by atoms with Crippen molar-refractivity contribution in [2.45, 2.75) is 19.9 Å². The lowest BCUT2D eigenvalue weighted by atomic mass is 10.1. The second kappa shape index (κ2) is 6.41. The lowest BCUT2D eigenvalue weighted by Crippen LogP contribution is -2.06. The second-order valence-corrected chi connectivity index (χ2v) is 5.86. The summed E-state index contributed by atoms with van der Waals surface area (Å²) in [6.07, 6.45) is 0. The number of rotatable bonds is 4. The van der Waals surface area contributed by atoms with E-state index in [4.69, 9.17) is 11.6 Å². The van der Waals surface area contributed by atoms with Crippen LogP contribution in [0, 0.1) is 12.7 Å². The Balaban J connectivity index is 2.17. The van der Waals surface area contributed by atoms with Crippen LogP contribution in [0.5, 0.6) is 0 Å². The van der Waals surface area contributed by atoms with Gasteiger partial charge in [0.15, 0.2) is 15.2 Å². The third-order valence-electron chi connectivity index (χ3n) is 2.99. The van der Waals surface area contributed by atoms with Gasteiger partial charge in [0.2, 0.25) is 0 Å². The van der Waals surface area contributed by atoms with Gasteiger partial charge in [0.05, 0.1) is 13.2 Å². The quantitative estimate of drug-likeness (QED) is 0.854. The van der Waals surface area contributed by atoms with E-state index in [2.05, 4.69) is 15.0 Å². The highest BCUT2D eigenvalue weighted by Crippen LogP contribution is 2.30. The number of carbonyl (C=O) groups excluding carboxylic acids is 1. The van der Waals surface area contributed by atoms with E-state index in [-0.39, 0.29) is 21.9 Å². The lowest BCUT2D eigenvalue weighted by Gasteiger charge is -2.13. The summed E-state index contributed by atoms with van der Waals surface area (Å²) >= 11 is 6.99. The minimum Gasteiger partial charge on any atom is -0.465 e. The monoisotopic (exact) mass is 328 g/mol. The summed E-state index contributed by atoms with van der Waals surface area (Å²) in [4.78, 5) is 15.8. The van der Waals surface area contributed by atoms with Gasteiger partial charge in [0.25, 0.3) is 0 Å². The molecule has 0 bridgehead atoms. The normalized spacial score (nSPS) is 12.0. The molecule has 1 atom stereocenters. The van der Waals surface area contributed by atoms with Crippen LogP contribution >= 0.6 is 22.9 Å². The summed E-state index contributed by atoms with van der Waals surface area (Å²) in [5, 5.41) is 3.67. The maximum atomic E-state index is 13.6. The van der Waals surface area contributed by atoms with Gasteiger partial charge in [-0.25, -0.2) is 14.2 Å². The molecule has 1 aromatic carbocycles. The Morgan fingerprint density at radius 2 is 2.24 bits per heavy atom. The predicted octanol–water partition coefficient (Wildman–Crippen LogP) is 4.20. The molecular formula is C14H14ClFN2O2S. The molecule has 112 valence electrons. The maximum absolute atomic E-state index is 13.6. The van der Waals surface area contributed by atoms with Crippen LogP contribution in [0.4, 0.5) is 9.52 Å². The van der Waals surface area contributed by atoms with Crippen molar-refractivity contribution in [3.63, 3.8) is 0 Å². The Morgan fingerprint density at radius 1 is 1.52 bits per heavy atom. The summed E-state index contributed by atoms with van der Waals surface area (Å²) in [5.74, 6) is -0.784. The molecule has 0 aliphatic carbocycles. The fraction of sp³-hybridized carbons (Fsp3) is 0.286. The largest absolute Gasteiger partial charge is 0.465 e. The number of thiazole rings is 1. The van der Waals surface area contributed by atoms with E-state index < -0.39 is 5.97 Å². The number of benzene rings is 1. The first-order valence-electron chi connectivity index (χ1n) is 6.19. The standard InChI is InChI=1S/C14H14ClFN2O2S/c1-7-4-5-9(6-10(7)16)8(2)17-14-18-12(15)11(21-14)13(19)20-3/h4-6,8H,1-3H3,(H,17,18). The van der Waals surface area contributed by atoms with Crippen LogP contribution in [0.1, 0.15) is 33.8 Å². The zero-order valence-corrected chi connectivity index (χ0v) is 13.3. The topological polar surface area (TPSA) is 51.2 Å². The SMILES string of the molecule is COC(=O)c1sc(NC(C)c2ccc(C)c(F)c2)nc1Cl. The Morgan fingerprint density at radius 3 is 2.86 bits per heavy atom. The molecule has 0 radical (unpaired) electrons. The Kier molecular flexibility index (Phi) is 4.80. The van der Waals surface area contributed by atoms with Crippen LogP contribution in [0.25, 0.3) is 0 Å². The van der Waals surface area contributed by atoms with E-state index in [0.29, 0.717) is 10.7 Å². The number of nitrogens with one attached hydrogen (secondary N) is 1. The summed E-state index contributed by atoms with van der Waals surface area (Å²) in [7, 11) is 1.28. The van der Waals surface area contributed by atoms with E-state index in [1.807, 2.05) is 13.0 Å². The number of esters is 1. The molecule has 0 spiro atoms. The highest BCUT2D eigenvalue weighted by Gasteiger charge is 2.18. The van der Waals surface area contributed by atoms with Crippen molar-refractivity contribution >= 4 is 34.0 Å². The molecule has 1 aromatic heterocycles. The minimum atomic E-state index is -0.528. The molecule has 0 amide bonds. The number of aryl methyl sites for hydroxylation is 1. The van der Waals surface area contributed by atoms with Gasteiger partial charge in [-0.3, -0.25) is 0 Å². The van der Waals surface area contributed by atoms with Gasteiger partial charge < -0.3 is 10.1 Å². The predicted molar refractivity (Wildman–Crippen MR) is 81.6 cm³/mol. The molecule has 1 unspecified atom stereocenters. The molecule has 4 nitrogen and oxygen atoms in total. The zero-order chi connectivity index (χ0) is 15.6. The lowest BCUT2D eigenvalue weighted by molar-refractivity contribution is 0.0606. The average molecular weight is 329 g/mol. The van der Waals surface area contributed by atoms with Gasteiger partial charge in [-0.05, 0) is 31.0 Å². The molecule has 0 saturated carbocycles. The number of hydrogen-bond acceptors (Lipinski definition) is 5. The van der Waals surface area contributed by atoms with E-state index in [9.17, 15) is 9.18 Å². The number of methoxy groups -OCH3 is 1. The van der Waals surface area contributed by atoms with Crippen molar-refractivity contribution in [1.29, 1.82) is 0 Å². The molecule has 1 N–H and O–H groups in total. The molecule has 0 aliphatic heterocycles. The Bertz CT molecular complexity index is 675. The molecule has 0 aliphatic rings. The van der Waals surface area contributed by atoms with Gasteiger partial charge in [-0.1, -0.05) is 35.1 Å². The number of halogens is 2. The summed E-state index contributed by atoms with van der Waals surface area (Å²) < 4.78 is 18.2. The van der Waals surface area contributed by atoms with E-state index >= 15 is 0 Å². The first-order valence-corrected chi connectivity index (χ1v) is 7.39. The first kappa shape index (κ1) is 15.7. The highest BCUT2D eigenvalue weighted by molar-refractivity contribution is 7.18. The average Bonchev–Trinajstić information content (AvgIpc) is 2.81. The molecule has 7 heteroatoms. The van der Waals surface area contributed by atoms with Crippen LogP contribution in [-0.2, 0) is 4.74 Å². The second-order valence-electron chi connectivity index (χ2n) is 4.51. The van der Waals surface area contributed by atoms with Crippen LogP contribution in [0.15, 0.2) is 18.2 Å². The summed E-state index contributed by atoms with van der Waals surface area (Å²) in [6, 6.07) is 4.86. The molecule has 2 rings (SSSR count). The van der Waals surface area contributed by atoms with Crippen molar-refractivity contribution in [3.8, 4) is 0 Å². The number of carbonyl (C=O) groups is 1. The van der Waals surface area contributed by atoms with Gasteiger partial charge in [0.1, 0.15) is 5.82 Å². The van der Waals surface area contributed by atoms with Crippen LogP contribution in [-0.4, -0.2) is 18.1 Å². The number of ether oxygens (including phenoxy) is 1. The molecule has 2 aromatic rings. The summed E-state index contributed by atoms with van der Waals surface area (Å²) in [5.41, 5.74) is 1.38. The van der Waals surface area contributed by atoms with E-state index in [1.54, 1.807) is 13.0 Å². The third-order valence-corrected chi connectivity index (χ3v) is 4.34. The first-order chi connectivity index (χ1) is 9.92. The van der Waals surface area contributed by atoms with Crippen molar-refractivity contribution in [2.75, 3.05) is 12.4 Å². The minimum absolute atomic E-state index is 0.0941. The highest BCUT2D eigenvalue weighted by atomic mass is 35.5. The van der Waals surface area contributed by atoms with E-state index in [1.165, 1.54) is 13.2 Å². The van der Waals surface area contributed by atoms with Gasteiger partial charge in [-0.15, -0.1) is 0 Å². The van der Waals surface area contributed by atoms with Gasteiger partial charge in [0, 0.05) is 0 Å². The number of aromatic nitrogens is 1.